The molecule has 0 aromatic carbocycles. The lowest BCUT2D eigenvalue weighted by Gasteiger charge is -2.66. The van der Waals surface area contributed by atoms with Gasteiger partial charge in [-0.15, -0.1) is 0 Å². The molecule has 0 radical (unpaired) electrons. The lowest BCUT2D eigenvalue weighted by atomic mass is 9.39. The minimum atomic E-state index is 0.932. The molecule has 0 amide bonds. The molecule has 0 heteroatoms. The first-order valence-corrected chi connectivity index (χ1v) is 7.84. The molecular weight excluding hydrogens is 192 g/mol. The van der Waals surface area contributed by atoms with Gasteiger partial charge in [-0.2, -0.15) is 0 Å². The Hall–Kier alpha value is 0. The fourth-order valence-corrected chi connectivity index (χ4v) is 7.88. The summed E-state index contributed by atoms with van der Waals surface area (Å²) in [5.74, 6) is 8.31. The molecule has 16 heavy (non-hydrogen) atoms. The van der Waals surface area contributed by atoms with Gasteiger partial charge in [0.2, 0.25) is 0 Å². The first-order valence-electron chi connectivity index (χ1n) is 7.84. The molecule has 0 nitrogen and oxygen atoms in total. The van der Waals surface area contributed by atoms with Crippen molar-refractivity contribution in [2.75, 3.05) is 0 Å². The minimum Gasteiger partial charge on any atom is -0.0651 e. The van der Waals surface area contributed by atoms with E-state index in [1.54, 1.807) is 38.5 Å². The van der Waals surface area contributed by atoms with Crippen molar-refractivity contribution < 1.29 is 0 Å². The fraction of sp³-hybridized carbons (Fsp3) is 1.00. The highest BCUT2D eigenvalue weighted by Gasteiger charge is 2.73. The Labute approximate surface area is 99.2 Å². The first-order chi connectivity index (χ1) is 7.84. The molecule has 0 heterocycles. The lowest BCUT2D eigenvalue weighted by Crippen LogP contribution is -2.60. The van der Waals surface area contributed by atoms with Crippen molar-refractivity contribution in [3.8, 4) is 0 Å². The molecule has 0 aromatic heterocycles. The van der Waals surface area contributed by atoms with Gasteiger partial charge in [0.05, 0.1) is 0 Å². The van der Waals surface area contributed by atoms with E-state index in [4.69, 9.17) is 0 Å². The first kappa shape index (κ1) is 9.00. The molecule has 0 aliphatic heterocycles. The smallest absolute Gasteiger partial charge is 0.0204 e. The van der Waals surface area contributed by atoms with Crippen LogP contribution < -0.4 is 0 Å². The van der Waals surface area contributed by atoms with Crippen LogP contribution in [0, 0.1) is 46.8 Å². The van der Waals surface area contributed by atoms with Crippen molar-refractivity contribution in [3.63, 3.8) is 0 Å². The third kappa shape index (κ3) is 0.703. The Morgan fingerprint density at radius 3 is 2.75 bits per heavy atom. The van der Waals surface area contributed by atoms with Crippen LogP contribution in [-0.2, 0) is 0 Å². The van der Waals surface area contributed by atoms with E-state index in [0.717, 1.165) is 11.3 Å². The van der Waals surface area contributed by atoms with E-state index in [1.165, 1.54) is 41.9 Å². The second-order valence-corrected chi connectivity index (χ2v) is 7.78. The topological polar surface area (TPSA) is 0 Å². The zero-order valence-electron chi connectivity index (χ0n) is 10.5. The van der Waals surface area contributed by atoms with E-state index in [1.807, 2.05) is 0 Å². The average Bonchev–Trinajstić information content (AvgIpc) is 2.74. The molecular formula is C16H24. The molecule has 0 N–H and O–H groups in total. The van der Waals surface area contributed by atoms with Crippen LogP contribution in [-0.4, -0.2) is 0 Å². The third-order valence-electron chi connectivity index (χ3n) is 7.96. The molecule has 3 bridgehead atoms. The molecule has 0 saturated heterocycles. The van der Waals surface area contributed by atoms with E-state index >= 15 is 0 Å². The SMILES string of the molecule is CCC1C2CC3CC2C2CCC4CC1C42C3. The van der Waals surface area contributed by atoms with Gasteiger partial charge in [0.25, 0.3) is 0 Å². The quantitative estimate of drug-likeness (QED) is 0.619. The van der Waals surface area contributed by atoms with Gasteiger partial charge in [-0.25, -0.2) is 0 Å². The maximum Gasteiger partial charge on any atom is -0.0204 e. The van der Waals surface area contributed by atoms with E-state index in [-0.39, 0.29) is 0 Å². The van der Waals surface area contributed by atoms with Gasteiger partial charge in [0.15, 0.2) is 0 Å². The van der Waals surface area contributed by atoms with Crippen LogP contribution in [0.1, 0.15) is 51.9 Å². The normalized spacial score (nSPS) is 69.2. The summed E-state index contributed by atoms with van der Waals surface area (Å²) >= 11 is 0. The van der Waals surface area contributed by atoms with Crippen molar-refractivity contribution in [1.82, 2.24) is 0 Å². The number of rotatable bonds is 1. The van der Waals surface area contributed by atoms with Gasteiger partial charge in [0.1, 0.15) is 0 Å². The highest BCUT2D eigenvalue weighted by molar-refractivity contribution is 5.21. The van der Waals surface area contributed by atoms with Crippen molar-refractivity contribution in [3.05, 3.63) is 0 Å². The number of fused-ring (bicyclic) bond motifs is 1. The van der Waals surface area contributed by atoms with E-state index in [0.29, 0.717) is 0 Å². The van der Waals surface area contributed by atoms with E-state index in [2.05, 4.69) is 6.92 Å². The number of hydrogen-bond acceptors (Lipinski definition) is 0. The molecule has 88 valence electrons. The van der Waals surface area contributed by atoms with Crippen LogP contribution in [0.3, 0.4) is 0 Å². The zero-order valence-corrected chi connectivity index (χ0v) is 10.5. The Kier molecular flexibility index (Phi) is 1.43. The highest BCUT2D eigenvalue weighted by atomic mass is 14.8. The molecule has 5 rings (SSSR count). The predicted octanol–water partition coefficient (Wildman–Crippen LogP) is 4.10. The molecule has 8 atom stereocenters. The standard InChI is InChI=1S/C16H24/c1-2-11-12-5-9-6-13(12)14-4-3-10-7-15(11)16(10,14)8-9/h9-15H,2-8H2,1H3. The van der Waals surface area contributed by atoms with Crippen molar-refractivity contribution in [1.29, 1.82) is 0 Å². The van der Waals surface area contributed by atoms with Crippen molar-refractivity contribution >= 4 is 0 Å². The van der Waals surface area contributed by atoms with Crippen LogP contribution in [0.15, 0.2) is 0 Å². The summed E-state index contributed by atoms with van der Waals surface area (Å²) in [6.45, 7) is 2.48. The zero-order chi connectivity index (χ0) is 10.5. The predicted molar refractivity (Wildman–Crippen MR) is 64.9 cm³/mol. The van der Waals surface area contributed by atoms with Gasteiger partial charge < -0.3 is 0 Å². The molecule has 5 fully saturated rings. The van der Waals surface area contributed by atoms with Gasteiger partial charge in [0, 0.05) is 0 Å². The molecule has 0 aromatic rings. The van der Waals surface area contributed by atoms with E-state index < -0.39 is 0 Å². The van der Waals surface area contributed by atoms with Crippen LogP contribution in [0.5, 0.6) is 0 Å². The summed E-state index contributed by atoms with van der Waals surface area (Å²) in [6.07, 6.45) is 11.4. The molecule has 5 aliphatic carbocycles. The Balaban J connectivity index is 1.69. The monoisotopic (exact) mass is 216 g/mol. The third-order valence-corrected chi connectivity index (χ3v) is 7.96. The Morgan fingerprint density at radius 1 is 1.00 bits per heavy atom. The molecule has 5 aliphatic rings. The fourth-order valence-electron chi connectivity index (χ4n) is 7.88. The van der Waals surface area contributed by atoms with Crippen LogP contribution in [0.2, 0.25) is 0 Å². The van der Waals surface area contributed by atoms with Crippen LogP contribution in [0.4, 0.5) is 0 Å². The van der Waals surface area contributed by atoms with Gasteiger partial charge >= 0.3 is 0 Å². The lowest BCUT2D eigenvalue weighted by molar-refractivity contribution is -0.179. The molecule has 5 saturated carbocycles. The summed E-state index contributed by atoms with van der Waals surface area (Å²) < 4.78 is 0. The summed E-state index contributed by atoms with van der Waals surface area (Å²) in [5.41, 5.74) is 0.932. The number of hydrogen-bond donors (Lipinski definition) is 0. The van der Waals surface area contributed by atoms with Crippen LogP contribution >= 0.6 is 0 Å². The Morgan fingerprint density at radius 2 is 1.88 bits per heavy atom. The van der Waals surface area contributed by atoms with Crippen molar-refractivity contribution in [2.45, 2.75) is 51.9 Å². The average molecular weight is 216 g/mol. The minimum absolute atomic E-state index is 0.932. The summed E-state index contributed by atoms with van der Waals surface area (Å²) in [7, 11) is 0. The maximum absolute atomic E-state index is 2.48. The van der Waals surface area contributed by atoms with Crippen LogP contribution in [0.25, 0.3) is 0 Å². The molecule has 8 unspecified atom stereocenters. The second-order valence-electron chi connectivity index (χ2n) is 7.78. The molecule has 1 spiro atoms. The maximum atomic E-state index is 2.48. The highest BCUT2D eigenvalue weighted by Crippen LogP contribution is 2.80. The van der Waals surface area contributed by atoms with Crippen molar-refractivity contribution in [2.24, 2.45) is 46.8 Å². The summed E-state index contributed by atoms with van der Waals surface area (Å²) in [4.78, 5) is 0. The van der Waals surface area contributed by atoms with Gasteiger partial charge in [-0.05, 0) is 85.4 Å². The summed E-state index contributed by atoms with van der Waals surface area (Å²) in [5, 5.41) is 0. The largest absolute Gasteiger partial charge is 0.0651 e. The van der Waals surface area contributed by atoms with Gasteiger partial charge in [-0.3, -0.25) is 0 Å². The Bertz CT molecular complexity index is 344. The van der Waals surface area contributed by atoms with E-state index in [9.17, 15) is 0 Å². The van der Waals surface area contributed by atoms with Gasteiger partial charge in [-0.1, -0.05) is 13.3 Å². The summed E-state index contributed by atoms with van der Waals surface area (Å²) in [6, 6.07) is 0. The second kappa shape index (κ2) is 2.54.